The zero-order valence-corrected chi connectivity index (χ0v) is 26.2. The van der Waals surface area contributed by atoms with E-state index in [0.29, 0.717) is 52.3 Å². The number of carbonyl (C=O) groups is 2. The first-order valence-electron chi connectivity index (χ1n) is 14.9. The van der Waals surface area contributed by atoms with Crippen LogP contribution in [0.25, 0.3) is 21.6 Å². The number of rotatable bonds is 8. The SMILES string of the molecule is CCOc1ccc2nc(N3C(=O)C(=O)/C(=C(/O)c4nc5c(C)cccn5c4C)C3c3cccc(OCc4ccccc4)c3)sc2c1. The Kier molecular flexibility index (Phi) is 7.50. The average molecular weight is 631 g/mol. The van der Waals surface area contributed by atoms with Crippen LogP contribution in [0.1, 0.15) is 41.0 Å². The number of thiazole rings is 1. The molecule has 0 spiro atoms. The molecule has 1 fully saturated rings. The lowest BCUT2D eigenvalue weighted by atomic mass is 9.96. The Labute approximate surface area is 269 Å². The minimum absolute atomic E-state index is 0.0661. The molecule has 3 aromatic heterocycles. The first-order chi connectivity index (χ1) is 22.3. The molecule has 1 saturated heterocycles. The van der Waals surface area contributed by atoms with Crippen LogP contribution in [-0.2, 0) is 16.2 Å². The van der Waals surface area contributed by atoms with Crippen molar-refractivity contribution in [3.63, 3.8) is 0 Å². The molecule has 10 heteroatoms. The van der Waals surface area contributed by atoms with Crippen molar-refractivity contribution >= 4 is 49.8 Å². The highest BCUT2D eigenvalue weighted by atomic mass is 32.1. The molecule has 0 saturated carbocycles. The number of carbonyl (C=O) groups excluding carboxylic acids is 2. The molecule has 3 aromatic carbocycles. The number of aryl methyl sites for hydroxylation is 2. The molecule has 46 heavy (non-hydrogen) atoms. The molecule has 7 rings (SSSR count). The second-order valence-electron chi connectivity index (χ2n) is 11.0. The molecule has 4 heterocycles. The van der Waals surface area contributed by atoms with E-state index in [4.69, 9.17) is 19.4 Å². The Bertz CT molecular complexity index is 2170. The summed E-state index contributed by atoms with van der Waals surface area (Å²) in [6.07, 6.45) is 1.85. The third kappa shape index (κ3) is 5.06. The van der Waals surface area contributed by atoms with Gasteiger partial charge in [-0.25, -0.2) is 9.97 Å². The smallest absolute Gasteiger partial charge is 0.301 e. The Morgan fingerprint density at radius 3 is 2.50 bits per heavy atom. The van der Waals surface area contributed by atoms with Gasteiger partial charge >= 0.3 is 5.91 Å². The molecular weight excluding hydrogens is 600 g/mol. The van der Waals surface area contributed by atoms with E-state index in [2.05, 4.69) is 0 Å². The maximum absolute atomic E-state index is 13.9. The molecule has 6 aromatic rings. The Balaban J connectivity index is 1.38. The molecule has 1 aliphatic heterocycles. The van der Waals surface area contributed by atoms with Gasteiger partial charge in [0.2, 0.25) is 0 Å². The number of nitrogens with zero attached hydrogens (tertiary/aromatic N) is 4. The summed E-state index contributed by atoms with van der Waals surface area (Å²) in [6, 6.07) is 25.4. The summed E-state index contributed by atoms with van der Waals surface area (Å²) in [5, 5.41) is 12.2. The van der Waals surface area contributed by atoms with Crippen LogP contribution in [0, 0.1) is 13.8 Å². The van der Waals surface area contributed by atoms with E-state index in [-0.39, 0.29) is 17.0 Å². The molecule has 1 amide bonds. The fraction of sp³-hybridized carbons (Fsp3) is 0.167. The minimum atomic E-state index is -0.988. The number of hydrogen-bond acceptors (Lipinski definition) is 8. The zero-order chi connectivity index (χ0) is 31.9. The highest BCUT2D eigenvalue weighted by molar-refractivity contribution is 7.22. The number of ether oxygens (including phenoxy) is 2. The predicted molar refractivity (Wildman–Crippen MR) is 177 cm³/mol. The topological polar surface area (TPSA) is 106 Å². The monoisotopic (exact) mass is 630 g/mol. The molecule has 1 atom stereocenters. The van der Waals surface area contributed by atoms with Gasteiger partial charge in [-0.3, -0.25) is 14.5 Å². The van der Waals surface area contributed by atoms with E-state index in [1.807, 2.05) is 110 Å². The number of anilines is 1. The summed E-state index contributed by atoms with van der Waals surface area (Å²) < 4.78 is 14.4. The third-order valence-electron chi connectivity index (χ3n) is 8.04. The summed E-state index contributed by atoms with van der Waals surface area (Å²) in [5.74, 6) is -0.715. The first-order valence-corrected chi connectivity index (χ1v) is 15.7. The van der Waals surface area contributed by atoms with Gasteiger partial charge in [0.1, 0.15) is 29.4 Å². The van der Waals surface area contributed by atoms with Crippen molar-refractivity contribution in [3.8, 4) is 11.5 Å². The quantitative estimate of drug-likeness (QED) is 0.108. The number of ketones is 1. The lowest BCUT2D eigenvalue weighted by molar-refractivity contribution is -0.132. The number of Topliss-reactive ketones (excluding diaryl/α,β-unsaturated/α-hetero) is 1. The van der Waals surface area contributed by atoms with Crippen molar-refractivity contribution in [2.75, 3.05) is 11.5 Å². The summed E-state index contributed by atoms with van der Waals surface area (Å²) in [5.41, 5.74) is 4.62. The number of aliphatic hydroxyl groups excluding tert-OH is 1. The zero-order valence-electron chi connectivity index (χ0n) is 25.4. The van der Waals surface area contributed by atoms with Crippen molar-refractivity contribution in [2.45, 2.75) is 33.4 Å². The normalized spacial score (nSPS) is 16.1. The standard InChI is InChI=1S/C36H30N4O5S/c1-4-44-26-15-16-27-28(19-26)46-36(37-27)40-31(24-13-8-14-25(18-24)45-20-23-11-6-5-7-12-23)29(33(42)35(40)43)32(41)30-22(3)39-17-9-10-21(2)34(39)38-30/h5-19,31,41H,4,20H2,1-3H3/b32-29+. The summed E-state index contributed by atoms with van der Waals surface area (Å²) in [4.78, 5) is 38.6. The summed E-state index contributed by atoms with van der Waals surface area (Å²) in [7, 11) is 0. The second kappa shape index (κ2) is 11.8. The van der Waals surface area contributed by atoms with Crippen molar-refractivity contribution in [3.05, 3.63) is 125 Å². The third-order valence-corrected chi connectivity index (χ3v) is 9.06. The number of pyridine rings is 1. The van der Waals surface area contributed by atoms with Gasteiger partial charge in [0.25, 0.3) is 5.78 Å². The number of benzene rings is 3. The lowest BCUT2D eigenvalue weighted by Crippen LogP contribution is -2.29. The minimum Gasteiger partial charge on any atom is -0.505 e. The van der Waals surface area contributed by atoms with E-state index >= 15 is 0 Å². The van der Waals surface area contributed by atoms with Gasteiger partial charge in [0, 0.05) is 6.20 Å². The van der Waals surface area contributed by atoms with Gasteiger partial charge in [-0.15, -0.1) is 0 Å². The number of hydrogen-bond donors (Lipinski definition) is 1. The van der Waals surface area contributed by atoms with Crippen LogP contribution in [0.5, 0.6) is 11.5 Å². The van der Waals surface area contributed by atoms with Crippen molar-refractivity contribution in [1.29, 1.82) is 0 Å². The largest absolute Gasteiger partial charge is 0.505 e. The van der Waals surface area contributed by atoms with Crippen LogP contribution in [-0.4, -0.2) is 37.8 Å². The molecule has 1 unspecified atom stereocenters. The van der Waals surface area contributed by atoms with Crippen LogP contribution in [0.4, 0.5) is 5.13 Å². The molecule has 0 radical (unpaired) electrons. The van der Waals surface area contributed by atoms with Gasteiger partial charge in [-0.05, 0) is 73.9 Å². The van der Waals surface area contributed by atoms with Gasteiger partial charge in [0.15, 0.2) is 10.9 Å². The van der Waals surface area contributed by atoms with Crippen molar-refractivity contribution in [2.24, 2.45) is 0 Å². The Morgan fingerprint density at radius 2 is 1.72 bits per heavy atom. The summed E-state index contributed by atoms with van der Waals surface area (Å²) in [6.45, 7) is 6.50. The Morgan fingerprint density at radius 1 is 0.913 bits per heavy atom. The molecule has 9 nitrogen and oxygen atoms in total. The maximum Gasteiger partial charge on any atom is 0.301 e. The van der Waals surface area contributed by atoms with Gasteiger partial charge in [0.05, 0.1) is 34.1 Å². The van der Waals surface area contributed by atoms with Crippen LogP contribution >= 0.6 is 11.3 Å². The molecule has 1 N–H and O–H groups in total. The Hall–Kier alpha value is -5.48. The van der Waals surface area contributed by atoms with Gasteiger partial charge in [-0.1, -0.05) is 59.9 Å². The molecule has 0 bridgehead atoms. The van der Waals surface area contributed by atoms with Crippen LogP contribution < -0.4 is 14.4 Å². The maximum atomic E-state index is 13.9. The van der Waals surface area contributed by atoms with E-state index in [1.54, 1.807) is 6.07 Å². The molecule has 0 aliphatic carbocycles. The van der Waals surface area contributed by atoms with Gasteiger partial charge < -0.3 is 19.0 Å². The van der Waals surface area contributed by atoms with Crippen LogP contribution in [0.2, 0.25) is 0 Å². The number of imidazole rings is 1. The van der Waals surface area contributed by atoms with Crippen LogP contribution in [0.3, 0.4) is 0 Å². The molecular formula is C36H30N4O5S. The number of fused-ring (bicyclic) bond motifs is 2. The van der Waals surface area contributed by atoms with E-state index in [9.17, 15) is 14.7 Å². The predicted octanol–water partition coefficient (Wildman–Crippen LogP) is 7.16. The second-order valence-corrected chi connectivity index (χ2v) is 12.0. The molecule has 1 aliphatic rings. The van der Waals surface area contributed by atoms with E-state index < -0.39 is 17.7 Å². The van der Waals surface area contributed by atoms with Crippen LogP contribution in [0.15, 0.2) is 96.7 Å². The van der Waals surface area contributed by atoms with E-state index in [0.717, 1.165) is 15.8 Å². The van der Waals surface area contributed by atoms with Crippen molar-refractivity contribution in [1.82, 2.24) is 14.4 Å². The number of amides is 1. The molecule has 230 valence electrons. The summed E-state index contributed by atoms with van der Waals surface area (Å²) >= 11 is 1.28. The van der Waals surface area contributed by atoms with Gasteiger partial charge in [-0.2, -0.15) is 0 Å². The number of aliphatic hydroxyl groups is 1. The lowest BCUT2D eigenvalue weighted by Gasteiger charge is -2.23. The fourth-order valence-electron chi connectivity index (χ4n) is 5.79. The van der Waals surface area contributed by atoms with E-state index in [1.165, 1.54) is 16.2 Å². The first kappa shape index (κ1) is 29.2. The highest BCUT2D eigenvalue weighted by Gasteiger charge is 2.48. The highest BCUT2D eigenvalue weighted by Crippen LogP contribution is 2.45. The number of aromatic nitrogens is 3. The average Bonchev–Trinajstić information content (AvgIpc) is 3.72. The fourth-order valence-corrected chi connectivity index (χ4v) is 6.81. The van der Waals surface area contributed by atoms with Crippen molar-refractivity contribution < 1.29 is 24.2 Å².